The van der Waals surface area contributed by atoms with E-state index in [1.165, 1.54) is 17.7 Å². The second-order valence-corrected chi connectivity index (χ2v) is 6.44. The van der Waals surface area contributed by atoms with Gasteiger partial charge < -0.3 is 5.32 Å². The monoisotopic (exact) mass is 259 g/mol. The molecule has 1 atom stereocenters. The fourth-order valence-corrected chi connectivity index (χ4v) is 2.97. The van der Waals surface area contributed by atoms with Crippen LogP contribution < -0.4 is 5.32 Å². The van der Waals surface area contributed by atoms with Crippen molar-refractivity contribution in [2.45, 2.75) is 46.1 Å². The highest BCUT2D eigenvalue weighted by Crippen LogP contribution is 2.23. The van der Waals surface area contributed by atoms with E-state index in [9.17, 15) is 0 Å². The molecular formula is C13H22ClNS. The van der Waals surface area contributed by atoms with E-state index in [1.807, 2.05) is 6.07 Å². The average molecular weight is 260 g/mol. The van der Waals surface area contributed by atoms with E-state index < -0.39 is 0 Å². The van der Waals surface area contributed by atoms with Gasteiger partial charge in [-0.2, -0.15) is 0 Å². The summed E-state index contributed by atoms with van der Waals surface area (Å²) in [6.07, 6.45) is 3.65. The summed E-state index contributed by atoms with van der Waals surface area (Å²) in [5, 5.41) is 3.56. The molecule has 0 radical (unpaired) electrons. The zero-order valence-electron chi connectivity index (χ0n) is 10.4. The summed E-state index contributed by atoms with van der Waals surface area (Å²) in [6.45, 7) is 7.78. The minimum absolute atomic E-state index is 0.599. The smallest absolute Gasteiger partial charge is 0.0931 e. The van der Waals surface area contributed by atoms with Gasteiger partial charge in [-0.15, -0.1) is 11.3 Å². The summed E-state index contributed by atoms with van der Waals surface area (Å²) < 4.78 is 0.897. The van der Waals surface area contributed by atoms with Crippen LogP contribution >= 0.6 is 22.9 Å². The van der Waals surface area contributed by atoms with E-state index in [0.29, 0.717) is 6.04 Å². The van der Waals surface area contributed by atoms with Crippen molar-refractivity contribution in [1.29, 1.82) is 0 Å². The van der Waals surface area contributed by atoms with Crippen molar-refractivity contribution in [2.75, 3.05) is 6.54 Å². The molecule has 1 aromatic heterocycles. The van der Waals surface area contributed by atoms with Crippen molar-refractivity contribution in [2.24, 2.45) is 5.92 Å². The van der Waals surface area contributed by atoms with E-state index in [4.69, 9.17) is 11.6 Å². The van der Waals surface area contributed by atoms with Gasteiger partial charge in [0.2, 0.25) is 0 Å². The molecule has 1 rings (SSSR count). The second-order valence-electron chi connectivity index (χ2n) is 4.64. The van der Waals surface area contributed by atoms with Gasteiger partial charge in [0.15, 0.2) is 0 Å². The van der Waals surface area contributed by atoms with Crippen LogP contribution in [-0.4, -0.2) is 12.6 Å². The molecule has 0 aliphatic rings. The van der Waals surface area contributed by atoms with Crippen LogP contribution in [0.5, 0.6) is 0 Å². The molecule has 16 heavy (non-hydrogen) atoms. The molecule has 0 bridgehead atoms. The Morgan fingerprint density at radius 1 is 1.31 bits per heavy atom. The topological polar surface area (TPSA) is 12.0 Å². The lowest BCUT2D eigenvalue weighted by Gasteiger charge is -2.18. The SMILES string of the molecule is CCNC(CCC(C)C)Cc1ccc(Cl)s1. The van der Waals surface area contributed by atoms with E-state index in [-0.39, 0.29) is 0 Å². The predicted octanol–water partition coefficient (Wildman–Crippen LogP) is 4.36. The van der Waals surface area contributed by atoms with Gasteiger partial charge in [-0.3, -0.25) is 0 Å². The summed E-state index contributed by atoms with van der Waals surface area (Å²) in [5.74, 6) is 0.785. The molecule has 0 saturated carbocycles. The third-order valence-corrected chi connectivity index (χ3v) is 3.92. The van der Waals surface area contributed by atoms with E-state index >= 15 is 0 Å². The normalized spacial score (nSPS) is 13.3. The molecule has 1 nitrogen and oxygen atoms in total. The largest absolute Gasteiger partial charge is 0.314 e. The molecule has 1 heterocycles. The molecule has 0 spiro atoms. The quantitative estimate of drug-likeness (QED) is 0.767. The molecule has 0 amide bonds. The van der Waals surface area contributed by atoms with Crippen LogP contribution in [0.15, 0.2) is 12.1 Å². The number of likely N-dealkylation sites (N-methyl/N-ethyl adjacent to an activating group) is 1. The van der Waals surface area contributed by atoms with Gasteiger partial charge in [0.1, 0.15) is 0 Å². The lowest BCUT2D eigenvalue weighted by atomic mass is 10.0. The zero-order valence-corrected chi connectivity index (χ0v) is 12.0. The van der Waals surface area contributed by atoms with Crippen LogP contribution in [0.3, 0.4) is 0 Å². The predicted molar refractivity (Wildman–Crippen MR) is 74.6 cm³/mol. The van der Waals surface area contributed by atoms with Gasteiger partial charge in [-0.25, -0.2) is 0 Å². The van der Waals surface area contributed by atoms with Crippen LogP contribution in [-0.2, 0) is 6.42 Å². The highest BCUT2D eigenvalue weighted by molar-refractivity contribution is 7.16. The van der Waals surface area contributed by atoms with Crippen LogP contribution in [0, 0.1) is 5.92 Å². The Hall–Kier alpha value is -0.0500. The standard InChI is InChI=1S/C13H22ClNS/c1-4-15-11(6-5-10(2)3)9-12-7-8-13(14)16-12/h7-8,10-11,15H,4-6,9H2,1-3H3. The Labute approximate surface area is 108 Å². The molecule has 92 valence electrons. The van der Waals surface area contributed by atoms with Gasteiger partial charge in [0.05, 0.1) is 4.34 Å². The highest BCUT2D eigenvalue weighted by atomic mass is 35.5. The Kier molecular flexibility index (Phi) is 6.40. The first kappa shape index (κ1) is 14.0. The molecule has 1 N–H and O–H groups in total. The maximum atomic E-state index is 5.95. The minimum Gasteiger partial charge on any atom is -0.314 e. The summed E-state index contributed by atoms with van der Waals surface area (Å²) in [6, 6.07) is 4.74. The first-order chi connectivity index (χ1) is 7.61. The Bertz CT molecular complexity index is 296. The highest BCUT2D eigenvalue weighted by Gasteiger charge is 2.10. The minimum atomic E-state index is 0.599. The maximum absolute atomic E-state index is 5.95. The zero-order chi connectivity index (χ0) is 12.0. The summed E-state index contributed by atoms with van der Waals surface area (Å²) in [4.78, 5) is 1.39. The molecule has 1 unspecified atom stereocenters. The van der Waals surface area contributed by atoms with Gasteiger partial charge in [0.25, 0.3) is 0 Å². The number of hydrogen-bond acceptors (Lipinski definition) is 2. The van der Waals surface area contributed by atoms with Crippen molar-refractivity contribution in [1.82, 2.24) is 5.32 Å². The van der Waals surface area contributed by atoms with Crippen molar-refractivity contribution in [3.8, 4) is 0 Å². The lowest BCUT2D eigenvalue weighted by molar-refractivity contribution is 0.436. The molecule has 0 aliphatic heterocycles. The Morgan fingerprint density at radius 2 is 2.06 bits per heavy atom. The van der Waals surface area contributed by atoms with E-state index in [1.54, 1.807) is 11.3 Å². The molecule has 3 heteroatoms. The molecule has 0 aromatic carbocycles. The Balaban J connectivity index is 2.43. The van der Waals surface area contributed by atoms with Crippen molar-refractivity contribution < 1.29 is 0 Å². The van der Waals surface area contributed by atoms with Gasteiger partial charge >= 0.3 is 0 Å². The number of rotatable bonds is 7. The summed E-state index contributed by atoms with van der Waals surface area (Å²) >= 11 is 7.65. The average Bonchev–Trinajstić information content (AvgIpc) is 2.61. The van der Waals surface area contributed by atoms with Gasteiger partial charge in [-0.05, 0) is 43.9 Å². The Morgan fingerprint density at radius 3 is 2.56 bits per heavy atom. The van der Waals surface area contributed by atoms with Crippen molar-refractivity contribution in [3.05, 3.63) is 21.3 Å². The first-order valence-electron chi connectivity index (χ1n) is 6.09. The molecular weight excluding hydrogens is 238 g/mol. The third kappa shape index (κ3) is 5.33. The number of hydrogen-bond donors (Lipinski definition) is 1. The van der Waals surface area contributed by atoms with Crippen LogP contribution in [0.2, 0.25) is 4.34 Å². The van der Waals surface area contributed by atoms with E-state index in [2.05, 4.69) is 32.2 Å². The molecule has 0 saturated heterocycles. The summed E-state index contributed by atoms with van der Waals surface area (Å²) in [7, 11) is 0. The molecule has 1 aromatic rings. The number of halogens is 1. The molecule has 0 fully saturated rings. The second kappa shape index (κ2) is 7.31. The van der Waals surface area contributed by atoms with Crippen LogP contribution in [0.4, 0.5) is 0 Å². The lowest BCUT2D eigenvalue weighted by Crippen LogP contribution is -2.31. The van der Waals surface area contributed by atoms with Gasteiger partial charge in [-0.1, -0.05) is 32.4 Å². The van der Waals surface area contributed by atoms with Crippen LogP contribution in [0.1, 0.15) is 38.5 Å². The fourth-order valence-electron chi connectivity index (χ4n) is 1.80. The van der Waals surface area contributed by atoms with Crippen molar-refractivity contribution in [3.63, 3.8) is 0 Å². The van der Waals surface area contributed by atoms with Crippen molar-refractivity contribution >= 4 is 22.9 Å². The molecule has 0 aliphatic carbocycles. The van der Waals surface area contributed by atoms with Crippen LogP contribution in [0.25, 0.3) is 0 Å². The first-order valence-corrected chi connectivity index (χ1v) is 7.28. The number of thiophene rings is 1. The van der Waals surface area contributed by atoms with E-state index in [0.717, 1.165) is 23.2 Å². The fraction of sp³-hybridized carbons (Fsp3) is 0.692. The number of nitrogens with one attached hydrogen (secondary N) is 1. The maximum Gasteiger partial charge on any atom is 0.0931 e. The third-order valence-electron chi connectivity index (χ3n) is 2.66. The van der Waals surface area contributed by atoms with Gasteiger partial charge in [0, 0.05) is 10.9 Å². The summed E-state index contributed by atoms with van der Waals surface area (Å²) in [5.41, 5.74) is 0.